The summed E-state index contributed by atoms with van der Waals surface area (Å²) in [5, 5.41) is 5.91. The molecule has 2 heterocycles. The molecule has 0 saturated heterocycles. The van der Waals surface area contributed by atoms with E-state index in [1.807, 2.05) is 6.07 Å². The predicted octanol–water partition coefficient (Wildman–Crippen LogP) is 5.19. The molecule has 2 aromatic carbocycles. The summed E-state index contributed by atoms with van der Waals surface area (Å²) in [5.74, 6) is 0.501. The standard InChI is InChI=1S/C22H18BrFN2O4/c1-28-18-7-6-13(11-20(18)29-2)16-12-17(14-4-3-5-15(24)10-14)26(25-16)22(27)19-8-9-21(23)30-19/h3-11,17H,12H2,1-2H3/t17-/m0/s1. The number of rotatable bonds is 5. The fraction of sp³-hybridized carbons (Fsp3) is 0.182. The first kappa shape index (κ1) is 20.2. The molecular weight excluding hydrogens is 455 g/mol. The minimum Gasteiger partial charge on any atom is -0.493 e. The highest BCUT2D eigenvalue weighted by molar-refractivity contribution is 9.10. The van der Waals surface area contributed by atoms with Crippen molar-refractivity contribution in [2.24, 2.45) is 5.10 Å². The monoisotopic (exact) mass is 472 g/mol. The molecule has 3 aromatic rings. The van der Waals surface area contributed by atoms with Gasteiger partial charge in [0.1, 0.15) is 5.82 Å². The van der Waals surface area contributed by atoms with Gasteiger partial charge in [-0.1, -0.05) is 12.1 Å². The Kier molecular flexibility index (Phi) is 5.59. The Balaban J connectivity index is 1.74. The van der Waals surface area contributed by atoms with Crippen molar-refractivity contribution in [3.05, 3.63) is 82.0 Å². The van der Waals surface area contributed by atoms with Crippen molar-refractivity contribution < 1.29 is 23.1 Å². The number of ether oxygens (including phenoxy) is 2. The van der Waals surface area contributed by atoms with Crippen LogP contribution in [0.5, 0.6) is 11.5 Å². The van der Waals surface area contributed by atoms with Crippen LogP contribution in [0.3, 0.4) is 0 Å². The number of nitrogens with zero attached hydrogens (tertiary/aromatic N) is 2. The van der Waals surface area contributed by atoms with Crippen molar-refractivity contribution in [1.29, 1.82) is 0 Å². The topological polar surface area (TPSA) is 64.3 Å². The summed E-state index contributed by atoms with van der Waals surface area (Å²) in [6.07, 6.45) is 0.409. The van der Waals surface area contributed by atoms with Gasteiger partial charge in [0.25, 0.3) is 0 Å². The Labute approximate surface area is 181 Å². The maximum absolute atomic E-state index is 13.9. The van der Waals surface area contributed by atoms with Gasteiger partial charge >= 0.3 is 5.91 Å². The van der Waals surface area contributed by atoms with Crippen molar-refractivity contribution in [3.63, 3.8) is 0 Å². The number of hydrogen-bond donors (Lipinski definition) is 0. The van der Waals surface area contributed by atoms with Gasteiger partial charge in [0.2, 0.25) is 0 Å². The van der Waals surface area contributed by atoms with Crippen LogP contribution in [-0.2, 0) is 0 Å². The van der Waals surface area contributed by atoms with E-state index in [1.54, 1.807) is 50.6 Å². The van der Waals surface area contributed by atoms with Crippen molar-refractivity contribution in [1.82, 2.24) is 5.01 Å². The smallest absolute Gasteiger partial charge is 0.310 e. The lowest BCUT2D eigenvalue weighted by atomic mass is 9.98. The predicted molar refractivity (Wildman–Crippen MR) is 112 cm³/mol. The number of amides is 1. The number of carbonyl (C=O) groups excluding carboxylic acids is 1. The number of hydrogen-bond acceptors (Lipinski definition) is 5. The van der Waals surface area contributed by atoms with E-state index in [-0.39, 0.29) is 11.6 Å². The van der Waals surface area contributed by atoms with Gasteiger partial charge in [-0.3, -0.25) is 4.79 Å². The molecule has 30 heavy (non-hydrogen) atoms. The number of carbonyl (C=O) groups is 1. The van der Waals surface area contributed by atoms with E-state index < -0.39 is 11.9 Å². The molecule has 1 atom stereocenters. The van der Waals surface area contributed by atoms with Crippen LogP contribution in [0, 0.1) is 5.82 Å². The molecular formula is C22H18BrFN2O4. The fourth-order valence-corrected chi connectivity index (χ4v) is 3.71. The van der Waals surface area contributed by atoms with E-state index in [0.717, 1.165) is 5.56 Å². The average molecular weight is 473 g/mol. The molecule has 4 rings (SSSR count). The van der Waals surface area contributed by atoms with Crippen LogP contribution in [0.25, 0.3) is 0 Å². The van der Waals surface area contributed by atoms with Gasteiger partial charge in [0, 0.05) is 12.0 Å². The van der Waals surface area contributed by atoms with Crippen LogP contribution in [0.4, 0.5) is 4.39 Å². The molecule has 0 N–H and O–H groups in total. The van der Waals surface area contributed by atoms with Gasteiger partial charge in [0.05, 0.1) is 26.0 Å². The summed E-state index contributed by atoms with van der Waals surface area (Å²) in [7, 11) is 3.12. The molecule has 0 bridgehead atoms. The SMILES string of the molecule is COc1ccc(C2=NN(C(=O)c3ccc(Br)o3)[C@H](c3cccc(F)c3)C2)cc1OC. The van der Waals surface area contributed by atoms with Gasteiger partial charge < -0.3 is 13.9 Å². The zero-order chi connectivity index (χ0) is 21.3. The van der Waals surface area contributed by atoms with Crippen molar-refractivity contribution >= 4 is 27.5 Å². The molecule has 6 nitrogen and oxygen atoms in total. The second-order valence-electron chi connectivity index (χ2n) is 6.64. The van der Waals surface area contributed by atoms with Crippen molar-refractivity contribution in [2.45, 2.75) is 12.5 Å². The summed E-state index contributed by atoms with van der Waals surface area (Å²) in [6, 6.07) is 14.3. The molecule has 1 aliphatic heterocycles. The Morgan fingerprint density at radius 3 is 2.60 bits per heavy atom. The summed E-state index contributed by atoms with van der Waals surface area (Å²) >= 11 is 3.21. The van der Waals surface area contributed by atoms with E-state index in [2.05, 4.69) is 21.0 Å². The van der Waals surface area contributed by atoms with Crippen LogP contribution in [-0.4, -0.2) is 30.8 Å². The van der Waals surface area contributed by atoms with Gasteiger partial charge in [-0.2, -0.15) is 5.10 Å². The molecule has 0 aliphatic carbocycles. The minimum absolute atomic E-state index is 0.139. The van der Waals surface area contributed by atoms with E-state index in [1.165, 1.54) is 17.1 Å². The first-order valence-corrected chi connectivity index (χ1v) is 9.93. The van der Waals surface area contributed by atoms with Crippen LogP contribution >= 0.6 is 15.9 Å². The fourth-order valence-electron chi connectivity index (χ4n) is 3.40. The summed E-state index contributed by atoms with van der Waals surface area (Å²) in [4.78, 5) is 13.1. The molecule has 0 unspecified atom stereocenters. The lowest BCUT2D eigenvalue weighted by Gasteiger charge is -2.21. The van der Waals surface area contributed by atoms with Gasteiger partial charge in [0.15, 0.2) is 21.9 Å². The molecule has 0 fully saturated rings. The average Bonchev–Trinajstić information content (AvgIpc) is 3.39. The first-order chi connectivity index (χ1) is 14.5. The molecule has 0 spiro atoms. The number of halogens is 2. The molecule has 0 saturated carbocycles. The maximum Gasteiger partial charge on any atom is 0.310 e. The normalized spacial score (nSPS) is 15.8. The molecule has 8 heteroatoms. The quantitative estimate of drug-likeness (QED) is 0.512. The zero-order valence-electron chi connectivity index (χ0n) is 16.3. The Hall–Kier alpha value is -3.13. The van der Waals surface area contributed by atoms with Crippen LogP contribution in [0.2, 0.25) is 0 Å². The highest BCUT2D eigenvalue weighted by Gasteiger charge is 2.35. The minimum atomic E-state index is -0.472. The lowest BCUT2D eigenvalue weighted by molar-refractivity contribution is 0.0677. The molecule has 1 aliphatic rings. The van der Waals surface area contributed by atoms with E-state index >= 15 is 0 Å². The van der Waals surface area contributed by atoms with E-state index in [0.29, 0.717) is 33.9 Å². The van der Waals surface area contributed by atoms with E-state index in [9.17, 15) is 9.18 Å². The molecule has 154 valence electrons. The summed E-state index contributed by atoms with van der Waals surface area (Å²) in [5.41, 5.74) is 2.10. The Morgan fingerprint density at radius 1 is 1.13 bits per heavy atom. The van der Waals surface area contributed by atoms with Crippen molar-refractivity contribution in [2.75, 3.05) is 14.2 Å². The van der Waals surface area contributed by atoms with Crippen LogP contribution in [0.1, 0.15) is 34.1 Å². The highest BCUT2D eigenvalue weighted by atomic mass is 79.9. The number of furan rings is 1. The summed E-state index contributed by atoms with van der Waals surface area (Å²) < 4.78 is 30.4. The largest absolute Gasteiger partial charge is 0.493 e. The lowest BCUT2D eigenvalue weighted by Crippen LogP contribution is -2.26. The zero-order valence-corrected chi connectivity index (χ0v) is 17.8. The molecule has 0 radical (unpaired) electrons. The second-order valence-corrected chi connectivity index (χ2v) is 7.43. The van der Waals surface area contributed by atoms with Gasteiger partial charge in [-0.05, 0) is 64.0 Å². The van der Waals surface area contributed by atoms with Gasteiger partial charge in [-0.15, -0.1) is 0 Å². The number of hydrazone groups is 1. The third-order valence-corrected chi connectivity index (χ3v) is 5.28. The second kappa shape index (κ2) is 8.31. The Bertz CT molecular complexity index is 1130. The first-order valence-electron chi connectivity index (χ1n) is 9.14. The molecule has 1 amide bonds. The Morgan fingerprint density at radius 2 is 1.93 bits per heavy atom. The third-order valence-electron chi connectivity index (χ3n) is 4.85. The van der Waals surface area contributed by atoms with E-state index in [4.69, 9.17) is 13.9 Å². The number of benzene rings is 2. The summed E-state index contributed by atoms with van der Waals surface area (Å²) in [6.45, 7) is 0. The van der Waals surface area contributed by atoms with Crippen LogP contribution in [0.15, 0.2) is 68.8 Å². The highest BCUT2D eigenvalue weighted by Crippen LogP contribution is 2.36. The molecule has 1 aromatic heterocycles. The third kappa shape index (κ3) is 3.82. The van der Waals surface area contributed by atoms with Gasteiger partial charge in [-0.25, -0.2) is 9.40 Å². The van der Waals surface area contributed by atoms with Crippen molar-refractivity contribution in [3.8, 4) is 11.5 Å². The number of methoxy groups -OCH3 is 2. The maximum atomic E-state index is 13.9. The van der Waals surface area contributed by atoms with Crippen LogP contribution < -0.4 is 9.47 Å².